The molecule has 0 aromatic carbocycles. The van der Waals surface area contributed by atoms with Crippen LogP contribution in [-0.4, -0.2) is 30.7 Å². The van der Waals surface area contributed by atoms with Gasteiger partial charge in [0, 0.05) is 13.2 Å². The minimum absolute atomic E-state index is 0.0198. The van der Waals surface area contributed by atoms with E-state index in [9.17, 15) is 4.79 Å². The molecule has 1 amide bonds. The highest BCUT2D eigenvalue weighted by Gasteiger charge is 2.39. The molecule has 4 heteroatoms. The zero-order chi connectivity index (χ0) is 12.8. The molecule has 0 unspecified atom stereocenters. The van der Waals surface area contributed by atoms with Gasteiger partial charge in [-0.1, -0.05) is 19.3 Å². The molecule has 2 saturated carbocycles. The van der Waals surface area contributed by atoms with Crippen LogP contribution in [0.5, 0.6) is 0 Å². The first-order valence-corrected chi connectivity index (χ1v) is 7.39. The number of hydrogen-bond donors (Lipinski definition) is 2. The predicted molar refractivity (Wildman–Crippen MR) is 71.2 cm³/mol. The molecule has 18 heavy (non-hydrogen) atoms. The van der Waals surface area contributed by atoms with Crippen LogP contribution in [0.4, 0.5) is 0 Å². The molecular weight excluding hydrogens is 228 g/mol. The van der Waals surface area contributed by atoms with Crippen LogP contribution in [0.2, 0.25) is 0 Å². The van der Waals surface area contributed by atoms with Gasteiger partial charge in [-0.3, -0.25) is 4.79 Å². The summed E-state index contributed by atoms with van der Waals surface area (Å²) in [6.45, 7) is 1.44. The summed E-state index contributed by atoms with van der Waals surface area (Å²) in [5, 5.41) is 2.92. The molecule has 0 heterocycles. The third kappa shape index (κ3) is 3.69. The monoisotopic (exact) mass is 254 g/mol. The number of rotatable bonds is 6. The predicted octanol–water partition coefficient (Wildman–Crippen LogP) is 1.72. The number of carbonyl (C=O) groups excluding carboxylic acids is 1. The van der Waals surface area contributed by atoms with Gasteiger partial charge in [0.05, 0.1) is 11.6 Å². The summed E-state index contributed by atoms with van der Waals surface area (Å²) in [5.41, 5.74) is 5.37. The van der Waals surface area contributed by atoms with E-state index in [0.29, 0.717) is 12.6 Å². The number of carbonyl (C=O) groups is 1. The third-order valence-corrected chi connectivity index (χ3v) is 4.21. The van der Waals surface area contributed by atoms with Crippen LogP contribution >= 0.6 is 0 Å². The molecule has 0 radical (unpaired) electrons. The molecule has 2 aliphatic carbocycles. The van der Waals surface area contributed by atoms with Gasteiger partial charge >= 0.3 is 0 Å². The summed E-state index contributed by atoms with van der Waals surface area (Å²) >= 11 is 0. The van der Waals surface area contributed by atoms with Crippen LogP contribution in [-0.2, 0) is 9.53 Å². The lowest BCUT2D eigenvalue weighted by molar-refractivity contribution is -0.129. The number of nitrogens with one attached hydrogen (secondary N) is 1. The van der Waals surface area contributed by atoms with Crippen LogP contribution < -0.4 is 11.1 Å². The summed E-state index contributed by atoms with van der Waals surface area (Å²) < 4.78 is 5.81. The van der Waals surface area contributed by atoms with Crippen molar-refractivity contribution in [3.8, 4) is 0 Å². The zero-order valence-corrected chi connectivity index (χ0v) is 11.2. The fraction of sp³-hybridized carbons (Fsp3) is 0.929. The van der Waals surface area contributed by atoms with E-state index >= 15 is 0 Å². The minimum Gasteiger partial charge on any atom is -0.378 e. The highest BCUT2D eigenvalue weighted by Crippen LogP contribution is 2.28. The van der Waals surface area contributed by atoms with Crippen molar-refractivity contribution < 1.29 is 9.53 Å². The van der Waals surface area contributed by atoms with E-state index in [-0.39, 0.29) is 5.91 Å². The molecule has 0 spiro atoms. The zero-order valence-electron chi connectivity index (χ0n) is 11.2. The molecular formula is C14H26N2O2. The Morgan fingerprint density at radius 3 is 2.56 bits per heavy atom. The van der Waals surface area contributed by atoms with Crippen molar-refractivity contribution >= 4 is 5.91 Å². The Morgan fingerprint density at radius 1 is 1.22 bits per heavy atom. The van der Waals surface area contributed by atoms with Crippen molar-refractivity contribution in [3.63, 3.8) is 0 Å². The molecule has 0 bridgehead atoms. The Labute approximate surface area is 110 Å². The molecule has 2 rings (SSSR count). The second kappa shape index (κ2) is 6.53. The topological polar surface area (TPSA) is 64.4 Å². The van der Waals surface area contributed by atoms with Crippen molar-refractivity contribution in [2.75, 3.05) is 13.2 Å². The van der Waals surface area contributed by atoms with Crippen molar-refractivity contribution in [1.82, 2.24) is 5.32 Å². The number of ether oxygens (including phenoxy) is 1. The van der Waals surface area contributed by atoms with Gasteiger partial charge in [0.1, 0.15) is 0 Å². The van der Waals surface area contributed by atoms with Gasteiger partial charge in [0.2, 0.25) is 5.91 Å². The molecule has 0 aliphatic heterocycles. The largest absolute Gasteiger partial charge is 0.378 e. The Bertz CT molecular complexity index is 271. The summed E-state index contributed by atoms with van der Waals surface area (Å²) in [7, 11) is 0. The molecule has 0 saturated heterocycles. The lowest BCUT2D eigenvalue weighted by Gasteiger charge is -2.36. The Balaban J connectivity index is 1.49. The maximum absolute atomic E-state index is 11.7. The summed E-state index contributed by atoms with van der Waals surface area (Å²) in [6.07, 6.45) is 10.5. The standard InChI is InChI=1S/C14H26N2O2/c15-14(8-4-9-14)13(17)16-10-5-11-18-12-6-2-1-3-7-12/h12H,1-11,15H2,(H,16,17). The molecule has 104 valence electrons. The molecule has 4 nitrogen and oxygen atoms in total. The van der Waals surface area contributed by atoms with Crippen molar-refractivity contribution in [2.24, 2.45) is 5.73 Å². The maximum atomic E-state index is 11.7. The Morgan fingerprint density at radius 2 is 1.94 bits per heavy atom. The van der Waals surface area contributed by atoms with Gasteiger partial charge in [-0.2, -0.15) is 0 Å². The lowest BCUT2D eigenvalue weighted by Crippen LogP contribution is -2.58. The van der Waals surface area contributed by atoms with Gasteiger partial charge in [-0.15, -0.1) is 0 Å². The van der Waals surface area contributed by atoms with Crippen molar-refractivity contribution in [1.29, 1.82) is 0 Å². The number of amides is 1. The molecule has 0 aromatic rings. The summed E-state index contributed by atoms with van der Waals surface area (Å²) in [6, 6.07) is 0. The lowest BCUT2D eigenvalue weighted by atomic mass is 9.77. The number of hydrogen-bond acceptors (Lipinski definition) is 3. The van der Waals surface area contributed by atoms with Crippen LogP contribution in [0.25, 0.3) is 0 Å². The van der Waals surface area contributed by atoms with Gasteiger partial charge in [0.15, 0.2) is 0 Å². The summed E-state index contributed by atoms with van der Waals surface area (Å²) in [5.74, 6) is 0.0198. The van der Waals surface area contributed by atoms with Gasteiger partial charge in [0.25, 0.3) is 0 Å². The van der Waals surface area contributed by atoms with Crippen LogP contribution in [0.15, 0.2) is 0 Å². The van der Waals surface area contributed by atoms with Crippen molar-refractivity contribution in [3.05, 3.63) is 0 Å². The van der Waals surface area contributed by atoms with E-state index in [1.165, 1.54) is 32.1 Å². The first kappa shape index (κ1) is 13.8. The highest BCUT2D eigenvalue weighted by atomic mass is 16.5. The first-order chi connectivity index (χ1) is 8.71. The highest BCUT2D eigenvalue weighted by molar-refractivity contribution is 5.86. The van der Waals surface area contributed by atoms with Crippen LogP contribution in [0, 0.1) is 0 Å². The van der Waals surface area contributed by atoms with Crippen LogP contribution in [0.1, 0.15) is 57.8 Å². The fourth-order valence-corrected chi connectivity index (χ4v) is 2.72. The van der Waals surface area contributed by atoms with Gasteiger partial charge in [-0.25, -0.2) is 0 Å². The van der Waals surface area contributed by atoms with E-state index in [1.807, 2.05) is 0 Å². The maximum Gasteiger partial charge on any atom is 0.240 e. The minimum atomic E-state index is -0.565. The Hall–Kier alpha value is -0.610. The van der Waals surface area contributed by atoms with E-state index in [2.05, 4.69) is 5.32 Å². The van der Waals surface area contributed by atoms with Crippen LogP contribution in [0.3, 0.4) is 0 Å². The normalized spacial score (nSPS) is 23.4. The molecule has 2 aliphatic rings. The molecule has 0 atom stereocenters. The SMILES string of the molecule is NC1(C(=O)NCCCOC2CCCCC2)CCC1. The second-order valence-electron chi connectivity index (χ2n) is 5.75. The van der Waals surface area contributed by atoms with E-state index in [4.69, 9.17) is 10.5 Å². The Kier molecular flexibility index (Phi) is 5.01. The smallest absolute Gasteiger partial charge is 0.240 e. The second-order valence-corrected chi connectivity index (χ2v) is 5.75. The van der Waals surface area contributed by atoms with Crippen molar-refractivity contribution in [2.45, 2.75) is 69.4 Å². The molecule has 2 fully saturated rings. The van der Waals surface area contributed by atoms with E-state index < -0.39 is 5.54 Å². The van der Waals surface area contributed by atoms with E-state index in [0.717, 1.165) is 32.3 Å². The third-order valence-electron chi connectivity index (χ3n) is 4.21. The molecule has 3 N–H and O–H groups in total. The average molecular weight is 254 g/mol. The number of nitrogens with two attached hydrogens (primary N) is 1. The fourth-order valence-electron chi connectivity index (χ4n) is 2.72. The first-order valence-electron chi connectivity index (χ1n) is 7.39. The van der Waals surface area contributed by atoms with Gasteiger partial charge < -0.3 is 15.8 Å². The average Bonchev–Trinajstić information content (AvgIpc) is 2.36. The van der Waals surface area contributed by atoms with E-state index in [1.54, 1.807) is 0 Å². The molecule has 0 aromatic heterocycles. The van der Waals surface area contributed by atoms with Gasteiger partial charge in [-0.05, 0) is 38.5 Å². The quantitative estimate of drug-likeness (QED) is 0.709. The summed E-state index contributed by atoms with van der Waals surface area (Å²) in [4.78, 5) is 11.7.